The lowest BCUT2D eigenvalue weighted by atomic mass is 9.99. The topological polar surface area (TPSA) is 79.4 Å². The lowest BCUT2D eigenvalue weighted by Gasteiger charge is -2.30. The zero-order valence-corrected chi connectivity index (χ0v) is 17.3. The van der Waals surface area contributed by atoms with Crippen molar-refractivity contribution in [3.8, 4) is 0 Å². The summed E-state index contributed by atoms with van der Waals surface area (Å²) in [6.07, 6.45) is 1.30. The molecule has 3 heterocycles. The lowest BCUT2D eigenvalue weighted by molar-refractivity contribution is -0.120. The number of carbonyl (C=O) groups is 1. The first kappa shape index (κ1) is 18.8. The highest BCUT2D eigenvalue weighted by molar-refractivity contribution is 7.91. The Morgan fingerprint density at radius 2 is 2.15 bits per heavy atom. The van der Waals surface area contributed by atoms with E-state index in [0.29, 0.717) is 29.4 Å². The fourth-order valence-corrected chi connectivity index (χ4v) is 6.99. The van der Waals surface area contributed by atoms with Crippen molar-refractivity contribution in [2.75, 3.05) is 18.4 Å². The summed E-state index contributed by atoms with van der Waals surface area (Å²) in [5.74, 6) is -0.552. The normalized spacial score (nSPS) is 18.6. The fourth-order valence-electron chi connectivity index (χ4n) is 3.12. The number of aromatic nitrogens is 1. The second-order valence-electron chi connectivity index (χ2n) is 6.28. The van der Waals surface area contributed by atoms with Crippen LogP contribution in [0.25, 0.3) is 10.2 Å². The van der Waals surface area contributed by atoms with Crippen molar-refractivity contribution < 1.29 is 13.2 Å². The molecule has 1 aliphatic rings. The molecule has 1 amide bonds. The van der Waals surface area contributed by atoms with Crippen molar-refractivity contribution in [2.45, 2.75) is 17.1 Å². The third-order valence-electron chi connectivity index (χ3n) is 4.50. The number of rotatable bonds is 4. The van der Waals surface area contributed by atoms with Crippen molar-refractivity contribution in [2.24, 2.45) is 5.92 Å². The summed E-state index contributed by atoms with van der Waals surface area (Å²) in [5, 5.41) is 2.91. The van der Waals surface area contributed by atoms with E-state index in [1.807, 2.05) is 18.2 Å². The van der Waals surface area contributed by atoms with Gasteiger partial charge in [-0.05, 0) is 43.2 Å². The Morgan fingerprint density at radius 3 is 2.93 bits per heavy atom. The van der Waals surface area contributed by atoms with Gasteiger partial charge >= 0.3 is 0 Å². The van der Waals surface area contributed by atoms with E-state index in [2.05, 4.69) is 10.3 Å². The number of nitrogens with one attached hydrogen (secondary N) is 1. The van der Waals surface area contributed by atoms with Gasteiger partial charge in [0.2, 0.25) is 5.91 Å². The molecule has 4 rings (SSSR count). The van der Waals surface area contributed by atoms with Crippen LogP contribution < -0.4 is 5.32 Å². The van der Waals surface area contributed by atoms with E-state index < -0.39 is 10.0 Å². The molecule has 3 aromatic rings. The number of piperidine rings is 1. The Labute approximate surface area is 169 Å². The molecule has 0 saturated carbocycles. The Morgan fingerprint density at radius 1 is 1.30 bits per heavy atom. The summed E-state index contributed by atoms with van der Waals surface area (Å²) in [7, 11) is -3.62. The number of halogens is 1. The van der Waals surface area contributed by atoms with Crippen molar-refractivity contribution in [3.05, 3.63) is 40.2 Å². The van der Waals surface area contributed by atoms with E-state index in [-0.39, 0.29) is 22.6 Å². The molecule has 0 radical (unpaired) electrons. The number of sulfonamides is 1. The number of carbonyl (C=O) groups excluding carboxylic acids is 1. The number of anilines is 1. The van der Waals surface area contributed by atoms with Crippen molar-refractivity contribution >= 4 is 66.1 Å². The van der Waals surface area contributed by atoms with Crippen LogP contribution in [0.5, 0.6) is 0 Å². The number of amides is 1. The molecule has 1 atom stereocenters. The maximum Gasteiger partial charge on any atom is 0.252 e. The van der Waals surface area contributed by atoms with Crippen LogP contribution >= 0.6 is 34.3 Å². The lowest BCUT2D eigenvalue weighted by Crippen LogP contribution is -2.43. The van der Waals surface area contributed by atoms with E-state index in [4.69, 9.17) is 11.6 Å². The highest BCUT2D eigenvalue weighted by Gasteiger charge is 2.34. The van der Waals surface area contributed by atoms with Crippen LogP contribution in [0.2, 0.25) is 4.34 Å². The molecule has 142 valence electrons. The molecule has 6 nitrogen and oxygen atoms in total. The van der Waals surface area contributed by atoms with Crippen LogP contribution in [0.4, 0.5) is 5.69 Å². The first-order chi connectivity index (χ1) is 12.9. The molecule has 0 aliphatic carbocycles. The number of hydrogen-bond acceptors (Lipinski definition) is 6. The zero-order chi connectivity index (χ0) is 19.0. The van der Waals surface area contributed by atoms with E-state index >= 15 is 0 Å². The minimum absolute atomic E-state index is 0.164. The van der Waals surface area contributed by atoms with Crippen LogP contribution in [0, 0.1) is 5.92 Å². The minimum atomic E-state index is -3.62. The molecule has 2 aromatic heterocycles. The standard InChI is InChI=1S/C17H16ClN3O3S3/c18-15-5-6-16(26-15)27(23,24)21-7-1-2-11(9-21)17(22)20-12-3-4-13-14(8-12)25-10-19-13/h3-6,8,10-11H,1-2,7,9H2,(H,20,22). The van der Waals surface area contributed by atoms with Gasteiger partial charge in [0.1, 0.15) is 4.21 Å². The number of fused-ring (bicyclic) bond motifs is 1. The van der Waals surface area contributed by atoms with Crippen LogP contribution in [0.15, 0.2) is 40.1 Å². The van der Waals surface area contributed by atoms with Crippen molar-refractivity contribution in [3.63, 3.8) is 0 Å². The van der Waals surface area contributed by atoms with Gasteiger partial charge in [-0.25, -0.2) is 13.4 Å². The quantitative estimate of drug-likeness (QED) is 0.662. The molecule has 1 aromatic carbocycles. The summed E-state index contributed by atoms with van der Waals surface area (Å²) in [6.45, 7) is 0.584. The molecule has 10 heteroatoms. The van der Waals surface area contributed by atoms with E-state index in [9.17, 15) is 13.2 Å². The molecule has 1 unspecified atom stereocenters. The molecular weight excluding hydrogens is 426 g/mol. The summed E-state index contributed by atoms with van der Waals surface area (Å²) < 4.78 is 28.6. The SMILES string of the molecule is O=C(Nc1ccc2ncsc2c1)C1CCCN(S(=O)(=O)c2ccc(Cl)s2)C1. The molecular formula is C17H16ClN3O3S3. The number of hydrogen-bond donors (Lipinski definition) is 1. The highest BCUT2D eigenvalue weighted by atomic mass is 35.5. The Hall–Kier alpha value is -1.52. The Bertz CT molecular complexity index is 1090. The molecule has 27 heavy (non-hydrogen) atoms. The fraction of sp³-hybridized carbons (Fsp3) is 0.294. The third kappa shape index (κ3) is 3.88. The monoisotopic (exact) mass is 441 g/mol. The first-order valence-corrected chi connectivity index (χ1v) is 11.8. The summed E-state index contributed by atoms with van der Waals surface area (Å²) >= 11 is 8.42. The number of nitrogens with zero attached hydrogens (tertiary/aromatic N) is 2. The van der Waals surface area contributed by atoms with Gasteiger partial charge in [-0.2, -0.15) is 4.31 Å². The van der Waals surface area contributed by atoms with Crippen molar-refractivity contribution in [1.29, 1.82) is 0 Å². The van der Waals surface area contributed by atoms with Crippen LogP contribution in [0.1, 0.15) is 12.8 Å². The molecule has 0 spiro atoms. The average Bonchev–Trinajstić information content (AvgIpc) is 3.30. The van der Waals surface area contributed by atoms with Gasteiger partial charge in [-0.1, -0.05) is 11.6 Å². The Balaban J connectivity index is 1.48. The van der Waals surface area contributed by atoms with E-state index in [0.717, 1.165) is 21.6 Å². The minimum Gasteiger partial charge on any atom is -0.326 e. The third-order valence-corrected chi connectivity index (χ3v) is 8.85. The number of thiazole rings is 1. The maximum atomic E-state index is 12.8. The maximum absolute atomic E-state index is 12.8. The molecule has 0 bridgehead atoms. The predicted molar refractivity (Wildman–Crippen MR) is 109 cm³/mol. The van der Waals surface area contributed by atoms with E-state index in [1.165, 1.54) is 21.7 Å². The van der Waals surface area contributed by atoms with Gasteiger partial charge in [-0.3, -0.25) is 4.79 Å². The number of benzene rings is 1. The average molecular weight is 442 g/mol. The van der Waals surface area contributed by atoms with Crippen LogP contribution in [-0.2, 0) is 14.8 Å². The zero-order valence-electron chi connectivity index (χ0n) is 14.1. The second-order valence-corrected chi connectivity index (χ2v) is 11.1. The van der Waals surface area contributed by atoms with Gasteiger partial charge in [0.05, 0.1) is 26.0 Å². The van der Waals surface area contributed by atoms with E-state index in [1.54, 1.807) is 11.6 Å². The largest absolute Gasteiger partial charge is 0.326 e. The first-order valence-electron chi connectivity index (χ1n) is 8.33. The summed E-state index contributed by atoms with van der Waals surface area (Å²) in [6, 6.07) is 8.64. The highest BCUT2D eigenvalue weighted by Crippen LogP contribution is 2.31. The second kappa shape index (κ2) is 7.48. The van der Waals surface area contributed by atoms with Crippen LogP contribution in [0.3, 0.4) is 0 Å². The summed E-state index contributed by atoms with van der Waals surface area (Å²) in [5.41, 5.74) is 3.35. The van der Waals surface area contributed by atoms with Gasteiger partial charge in [-0.15, -0.1) is 22.7 Å². The molecule has 1 N–H and O–H groups in total. The molecule has 1 aliphatic heterocycles. The smallest absolute Gasteiger partial charge is 0.252 e. The Kier molecular flexibility index (Phi) is 5.21. The predicted octanol–water partition coefficient (Wildman–Crippen LogP) is 4.05. The van der Waals surface area contributed by atoms with Crippen LogP contribution in [-0.4, -0.2) is 36.7 Å². The molecule has 1 fully saturated rings. The van der Waals surface area contributed by atoms with Gasteiger partial charge in [0, 0.05) is 18.8 Å². The number of thiophene rings is 1. The van der Waals surface area contributed by atoms with Crippen molar-refractivity contribution in [1.82, 2.24) is 9.29 Å². The molecule has 1 saturated heterocycles. The summed E-state index contributed by atoms with van der Waals surface area (Å²) in [4.78, 5) is 16.9. The van der Waals surface area contributed by atoms with Gasteiger partial charge in [0.25, 0.3) is 10.0 Å². The van der Waals surface area contributed by atoms with Gasteiger partial charge in [0.15, 0.2) is 0 Å². The van der Waals surface area contributed by atoms with Gasteiger partial charge < -0.3 is 5.32 Å².